The van der Waals surface area contributed by atoms with E-state index in [2.05, 4.69) is 58.5 Å². The first-order chi connectivity index (χ1) is 16.2. The van der Waals surface area contributed by atoms with Gasteiger partial charge in [-0.05, 0) is 11.6 Å². The van der Waals surface area contributed by atoms with Crippen LogP contribution in [0, 0.1) is 0 Å². The lowest BCUT2D eigenvalue weighted by atomic mass is 10.1. The quantitative estimate of drug-likeness (QED) is 0.403. The third-order valence-electron chi connectivity index (χ3n) is 5.89. The van der Waals surface area contributed by atoms with Crippen molar-refractivity contribution in [3.63, 3.8) is 0 Å². The highest BCUT2D eigenvalue weighted by Crippen LogP contribution is 2.26. The van der Waals surface area contributed by atoms with Crippen LogP contribution < -0.4 is 9.80 Å². The molecule has 0 amide bonds. The summed E-state index contributed by atoms with van der Waals surface area (Å²) in [6.45, 7) is 3.43. The maximum atomic E-state index is 5.19. The second-order valence-corrected chi connectivity index (χ2v) is 8.05. The average Bonchev–Trinajstić information content (AvgIpc) is 3.61. The van der Waals surface area contributed by atoms with Crippen molar-refractivity contribution in [3.05, 3.63) is 67.2 Å². The summed E-state index contributed by atoms with van der Waals surface area (Å²) >= 11 is 0. The SMILES string of the molecule is Cn1cc(-c2ccc3c(N4CCN(c5ncc(Cc6nnco6)cn5)CC4)cnn3c2)cn1. The van der Waals surface area contributed by atoms with Crippen molar-refractivity contribution in [1.29, 1.82) is 0 Å². The van der Waals surface area contributed by atoms with Gasteiger partial charge in [-0.3, -0.25) is 4.68 Å². The summed E-state index contributed by atoms with van der Waals surface area (Å²) in [6.07, 6.45) is 13.4. The lowest BCUT2D eigenvalue weighted by Crippen LogP contribution is -2.47. The number of fused-ring (bicyclic) bond motifs is 1. The van der Waals surface area contributed by atoms with Gasteiger partial charge in [0.15, 0.2) is 0 Å². The number of pyridine rings is 1. The third kappa shape index (κ3) is 3.77. The predicted octanol–water partition coefficient (Wildman–Crippen LogP) is 1.83. The summed E-state index contributed by atoms with van der Waals surface area (Å²) in [7, 11) is 1.92. The second kappa shape index (κ2) is 8.01. The van der Waals surface area contributed by atoms with Crippen molar-refractivity contribution >= 4 is 17.2 Å². The van der Waals surface area contributed by atoms with E-state index in [9.17, 15) is 0 Å². The average molecular weight is 442 g/mol. The van der Waals surface area contributed by atoms with Crippen molar-refractivity contribution in [2.24, 2.45) is 7.05 Å². The first-order valence-corrected chi connectivity index (χ1v) is 10.8. The monoisotopic (exact) mass is 442 g/mol. The van der Waals surface area contributed by atoms with Gasteiger partial charge in [-0.1, -0.05) is 6.07 Å². The maximum Gasteiger partial charge on any atom is 0.225 e. The molecule has 0 aliphatic carbocycles. The van der Waals surface area contributed by atoms with Gasteiger partial charge >= 0.3 is 0 Å². The zero-order chi connectivity index (χ0) is 22.2. The van der Waals surface area contributed by atoms with Gasteiger partial charge in [-0.25, -0.2) is 14.5 Å². The van der Waals surface area contributed by atoms with E-state index in [1.54, 1.807) is 4.68 Å². The number of rotatable bonds is 5. The lowest BCUT2D eigenvalue weighted by molar-refractivity contribution is 0.504. The summed E-state index contributed by atoms with van der Waals surface area (Å²) in [6, 6.07) is 4.25. The molecule has 0 N–H and O–H groups in total. The molecule has 11 nitrogen and oxygen atoms in total. The minimum absolute atomic E-state index is 0.533. The van der Waals surface area contributed by atoms with Crippen molar-refractivity contribution in [3.8, 4) is 11.1 Å². The molecule has 11 heteroatoms. The minimum Gasteiger partial charge on any atom is -0.428 e. The first kappa shape index (κ1) is 19.4. The summed E-state index contributed by atoms with van der Waals surface area (Å²) < 4.78 is 8.93. The molecular formula is C22H22N10O. The van der Waals surface area contributed by atoms with Gasteiger partial charge in [0.05, 0.1) is 30.0 Å². The Morgan fingerprint density at radius 3 is 2.42 bits per heavy atom. The second-order valence-electron chi connectivity index (χ2n) is 8.05. The normalized spacial score (nSPS) is 14.3. The summed E-state index contributed by atoms with van der Waals surface area (Å²) in [5.74, 6) is 1.30. The Hall–Kier alpha value is -4.28. The largest absolute Gasteiger partial charge is 0.428 e. The van der Waals surface area contributed by atoms with Crippen LogP contribution in [0.25, 0.3) is 16.6 Å². The number of piperazine rings is 1. The lowest BCUT2D eigenvalue weighted by Gasteiger charge is -2.35. The van der Waals surface area contributed by atoms with Crippen LogP contribution in [0.3, 0.4) is 0 Å². The number of nitrogens with zero attached hydrogens (tertiary/aromatic N) is 10. The number of hydrogen-bond acceptors (Lipinski definition) is 9. The van der Waals surface area contributed by atoms with Crippen molar-refractivity contribution < 1.29 is 4.42 Å². The molecule has 1 fully saturated rings. The van der Waals surface area contributed by atoms with Gasteiger partial charge < -0.3 is 14.2 Å². The summed E-state index contributed by atoms with van der Waals surface area (Å²) in [4.78, 5) is 13.7. The molecule has 0 aromatic carbocycles. The van der Waals surface area contributed by atoms with Crippen molar-refractivity contribution in [2.75, 3.05) is 36.0 Å². The van der Waals surface area contributed by atoms with E-state index in [0.29, 0.717) is 12.3 Å². The van der Waals surface area contributed by atoms with Crippen LogP contribution in [0.2, 0.25) is 0 Å². The Balaban J connectivity index is 1.13. The van der Waals surface area contributed by atoms with E-state index < -0.39 is 0 Å². The van der Waals surface area contributed by atoms with E-state index in [1.165, 1.54) is 6.39 Å². The highest BCUT2D eigenvalue weighted by molar-refractivity contribution is 5.75. The smallest absolute Gasteiger partial charge is 0.225 e. The van der Waals surface area contributed by atoms with Crippen LogP contribution in [0.4, 0.5) is 11.6 Å². The van der Waals surface area contributed by atoms with Crippen LogP contribution in [-0.4, -0.2) is 65.7 Å². The molecule has 0 bridgehead atoms. The van der Waals surface area contributed by atoms with Crippen LogP contribution in [0.15, 0.2) is 60.1 Å². The number of hydrogen-bond donors (Lipinski definition) is 0. The molecule has 6 rings (SSSR count). The molecule has 0 atom stereocenters. The first-order valence-electron chi connectivity index (χ1n) is 10.8. The number of aryl methyl sites for hydroxylation is 1. The highest BCUT2D eigenvalue weighted by Gasteiger charge is 2.22. The molecule has 1 saturated heterocycles. The van der Waals surface area contributed by atoms with Gasteiger partial charge in [0, 0.05) is 69.1 Å². The fourth-order valence-corrected chi connectivity index (χ4v) is 4.15. The molecule has 0 radical (unpaired) electrons. The zero-order valence-corrected chi connectivity index (χ0v) is 18.1. The number of anilines is 2. The molecule has 5 aromatic heterocycles. The molecule has 33 heavy (non-hydrogen) atoms. The Morgan fingerprint density at radius 2 is 1.70 bits per heavy atom. The van der Waals surface area contributed by atoms with Gasteiger partial charge in [0.2, 0.25) is 18.2 Å². The molecule has 6 heterocycles. The Morgan fingerprint density at radius 1 is 0.879 bits per heavy atom. The van der Waals surface area contributed by atoms with Crippen molar-refractivity contribution in [1.82, 2.24) is 39.6 Å². The van der Waals surface area contributed by atoms with Gasteiger partial charge in [-0.15, -0.1) is 10.2 Å². The molecule has 5 aromatic rings. The van der Waals surface area contributed by atoms with E-state index in [4.69, 9.17) is 4.42 Å². The molecule has 1 aliphatic rings. The van der Waals surface area contributed by atoms with Crippen LogP contribution in [0.1, 0.15) is 11.5 Å². The van der Waals surface area contributed by atoms with Crippen molar-refractivity contribution in [2.45, 2.75) is 6.42 Å². The topological polar surface area (TPSA) is 106 Å². The number of aromatic nitrogens is 8. The van der Waals surface area contributed by atoms with E-state index in [1.807, 2.05) is 42.5 Å². The third-order valence-corrected chi connectivity index (χ3v) is 5.89. The molecule has 1 aliphatic heterocycles. The highest BCUT2D eigenvalue weighted by atomic mass is 16.4. The molecule has 0 saturated carbocycles. The molecule has 0 spiro atoms. The maximum absolute atomic E-state index is 5.19. The molecule has 166 valence electrons. The summed E-state index contributed by atoms with van der Waals surface area (Å²) in [5, 5.41) is 16.5. The fourth-order valence-electron chi connectivity index (χ4n) is 4.15. The van der Waals surface area contributed by atoms with Crippen LogP contribution in [-0.2, 0) is 13.5 Å². The van der Waals surface area contributed by atoms with Gasteiger partial charge in [-0.2, -0.15) is 10.2 Å². The standard InChI is InChI=1S/C22H22N10O/c1-29-13-18(11-26-29)17-2-3-19-20(12-27-32(19)14-17)30-4-6-31(7-5-30)22-23-9-16(10-24-22)8-21-28-25-15-33-21/h2-3,9-15H,4-8H2,1H3. The molecular weight excluding hydrogens is 420 g/mol. The van der Waals surface area contributed by atoms with Gasteiger partial charge in [0.1, 0.15) is 0 Å². The van der Waals surface area contributed by atoms with E-state index >= 15 is 0 Å². The van der Waals surface area contributed by atoms with Gasteiger partial charge in [0.25, 0.3) is 0 Å². The Bertz CT molecular complexity index is 1360. The van der Waals surface area contributed by atoms with E-state index in [0.717, 1.165) is 60.0 Å². The Kier molecular flexibility index (Phi) is 4.71. The Labute approximate surface area is 189 Å². The predicted molar refractivity (Wildman–Crippen MR) is 121 cm³/mol. The molecule has 0 unspecified atom stereocenters. The van der Waals surface area contributed by atoms with Crippen LogP contribution in [0.5, 0.6) is 0 Å². The van der Waals surface area contributed by atoms with E-state index in [-0.39, 0.29) is 0 Å². The summed E-state index contributed by atoms with van der Waals surface area (Å²) in [5.41, 5.74) is 5.35. The minimum atomic E-state index is 0.533. The van der Waals surface area contributed by atoms with Crippen LogP contribution >= 0.6 is 0 Å². The fraction of sp³-hybridized carbons (Fsp3) is 0.273. The zero-order valence-electron chi connectivity index (χ0n) is 18.1.